The van der Waals surface area contributed by atoms with Crippen LogP contribution in [0.4, 0.5) is 5.69 Å². The lowest BCUT2D eigenvalue weighted by Gasteiger charge is -2.09. The van der Waals surface area contributed by atoms with Gasteiger partial charge in [0.25, 0.3) is 0 Å². The van der Waals surface area contributed by atoms with E-state index in [0.29, 0.717) is 17.9 Å². The van der Waals surface area contributed by atoms with Gasteiger partial charge < -0.3 is 5.73 Å². The smallest absolute Gasteiger partial charge is 0.187 e. The maximum Gasteiger partial charge on any atom is 0.187 e. The predicted molar refractivity (Wildman–Crippen MR) is 117 cm³/mol. The number of hydrogen-bond acceptors (Lipinski definition) is 3. The highest BCUT2D eigenvalue weighted by Gasteiger charge is 2.21. The third-order valence-corrected chi connectivity index (χ3v) is 5.08. The van der Waals surface area contributed by atoms with Gasteiger partial charge in [0.15, 0.2) is 5.78 Å². The maximum atomic E-state index is 13.1. The molecule has 2 N–H and O–H groups in total. The van der Waals surface area contributed by atoms with E-state index in [2.05, 4.69) is 24.3 Å². The third kappa shape index (κ3) is 3.97. The molecule has 4 nitrogen and oxygen atoms in total. The van der Waals surface area contributed by atoms with Gasteiger partial charge in [-0.15, -0.1) is 0 Å². The first-order chi connectivity index (χ1) is 14.1. The third-order valence-electron chi connectivity index (χ3n) is 5.08. The summed E-state index contributed by atoms with van der Waals surface area (Å²) in [6.07, 6.45) is 0.240. The Morgan fingerprint density at radius 1 is 0.897 bits per heavy atom. The van der Waals surface area contributed by atoms with E-state index in [0.717, 1.165) is 27.9 Å². The number of nitrogen functional groups attached to an aromatic ring is 1. The van der Waals surface area contributed by atoms with Crippen LogP contribution in [0.1, 0.15) is 27.2 Å². The molecule has 0 bridgehead atoms. The van der Waals surface area contributed by atoms with Gasteiger partial charge >= 0.3 is 0 Å². The van der Waals surface area contributed by atoms with Gasteiger partial charge in [0.2, 0.25) is 0 Å². The number of nitrogens with two attached hydrogens (primary N) is 1. The van der Waals surface area contributed by atoms with Crippen LogP contribution in [-0.4, -0.2) is 15.6 Å². The fourth-order valence-corrected chi connectivity index (χ4v) is 3.60. The van der Waals surface area contributed by atoms with Crippen molar-refractivity contribution in [2.45, 2.75) is 19.9 Å². The summed E-state index contributed by atoms with van der Waals surface area (Å²) in [5.41, 5.74) is 12.0. The van der Waals surface area contributed by atoms with Crippen molar-refractivity contribution in [2.24, 2.45) is 0 Å². The van der Waals surface area contributed by atoms with E-state index in [1.807, 2.05) is 72.3 Å². The molecule has 0 atom stereocenters. The molecule has 1 heterocycles. The van der Waals surface area contributed by atoms with Crippen LogP contribution in [0.5, 0.6) is 0 Å². The highest BCUT2D eigenvalue weighted by atomic mass is 16.1. The Bertz CT molecular complexity index is 1130. The summed E-state index contributed by atoms with van der Waals surface area (Å²) < 4.78 is 1.93. The molecule has 0 radical (unpaired) electrons. The Balaban J connectivity index is 1.75. The van der Waals surface area contributed by atoms with Gasteiger partial charge in [-0.3, -0.25) is 9.48 Å². The lowest BCUT2D eigenvalue weighted by atomic mass is 10.0. The molecule has 0 fully saturated rings. The van der Waals surface area contributed by atoms with Crippen LogP contribution in [0.2, 0.25) is 0 Å². The van der Waals surface area contributed by atoms with Crippen LogP contribution in [0.3, 0.4) is 0 Å². The zero-order valence-corrected chi connectivity index (χ0v) is 16.4. The van der Waals surface area contributed by atoms with Gasteiger partial charge in [-0.1, -0.05) is 78.9 Å². The fraction of sp³-hybridized carbons (Fsp3) is 0.120. The standard InChI is InChI=1S/C25H23N3O/c1-18-24(23(29)16-21-14-8-9-15-22(21)26)27-28(17-19-10-4-2-5-11-19)25(18)20-12-6-3-7-13-20/h2-15H,16-17,26H2,1H3. The van der Waals surface area contributed by atoms with E-state index < -0.39 is 0 Å². The lowest BCUT2D eigenvalue weighted by molar-refractivity contribution is 0.0987. The number of anilines is 1. The van der Waals surface area contributed by atoms with Crippen molar-refractivity contribution in [3.63, 3.8) is 0 Å². The quantitative estimate of drug-likeness (QED) is 0.381. The molecule has 0 aliphatic rings. The normalized spacial score (nSPS) is 10.8. The van der Waals surface area contributed by atoms with Crippen LogP contribution >= 0.6 is 0 Å². The first-order valence-electron chi connectivity index (χ1n) is 9.67. The first kappa shape index (κ1) is 18.7. The van der Waals surface area contributed by atoms with E-state index in [4.69, 9.17) is 10.8 Å². The van der Waals surface area contributed by atoms with Crippen molar-refractivity contribution < 1.29 is 4.79 Å². The summed E-state index contributed by atoms with van der Waals surface area (Å²) in [5, 5.41) is 4.73. The largest absolute Gasteiger partial charge is 0.398 e. The number of carbonyl (C=O) groups is 1. The molecular weight excluding hydrogens is 358 g/mol. The second kappa shape index (κ2) is 8.15. The van der Waals surface area contributed by atoms with Crippen LogP contribution in [-0.2, 0) is 13.0 Å². The Kier molecular flexibility index (Phi) is 5.25. The summed E-state index contributed by atoms with van der Waals surface area (Å²) in [6, 6.07) is 27.7. The molecule has 0 amide bonds. The fourth-order valence-electron chi connectivity index (χ4n) is 3.60. The Morgan fingerprint density at radius 2 is 1.52 bits per heavy atom. The maximum absolute atomic E-state index is 13.1. The minimum absolute atomic E-state index is 0.0237. The zero-order valence-electron chi connectivity index (χ0n) is 16.4. The van der Waals surface area contributed by atoms with Crippen LogP contribution in [0.25, 0.3) is 11.3 Å². The van der Waals surface area contributed by atoms with E-state index in [-0.39, 0.29) is 12.2 Å². The van der Waals surface area contributed by atoms with Gasteiger partial charge in [0.05, 0.1) is 12.2 Å². The number of carbonyl (C=O) groups excluding carboxylic acids is 1. The summed E-state index contributed by atoms with van der Waals surface area (Å²) in [7, 11) is 0. The Morgan fingerprint density at radius 3 is 2.21 bits per heavy atom. The number of aromatic nitrogens is 2. The molecule has 4 aromatic rings. The molecular formula is C25H23N3O. The van der Waals surface area contributed by atoms with Crippen molar-refractivity contribution in [3.05, 3.63) is 107 Å². The highest BCUT2D eigenvalue weighted by molar-refractivity contribution is 5.99. The Labute approximate surface area is 170 Å². The van der Waals surface area contributed by atoms with Gasteiger partial charge in [-0.25, -0.2) is 0 Å². The SMILES string of the molecule is Cc1c(C(=O)Cc2ccccc2N)nn(Cc2ccccc2)c1-c1ccccc1. The van der Waals surface area contributed by atoms with Crippen molar-refractivity contribution in [3.8, 4) is 11.3 Å². The number of hydrogen-bond donors (Lipinski definition) is 1. The van der Waals surface area contributed by atoms with Crippen molar-refractivity contribution >= 4 is 11.5 Å². The second-order valence-corrected chi connectivity index (χ2v) is 7.13. The average Bonchev–Trinajstić information content (AvgIpc) is 3.07. The van der Waals surface area contributed by atoms with Gasteiger partial charge in [0.1, 0.15) is 5.69 Å². The molecule has 0 spiro atoms. The van der Waals surface area contributed by atoms with Gasteiger partial charge in [-0.2, -0.15) is 5.10 Å². The van der Waals surface area contributed by atoms with Crippen LogP contribution in [0, 0.1) is 6.92 Å². The molecule has 0 saturated carbocycles. The molecule has 3 aromatic carbocycles. The monoisotopic (exact) mass is 381 g/mol. The number of para-hydroxylation sites is 1. The van der Waals surface area contributed by atoms with Crippen molar-refractivity contribution in [1.82, 2.24) is 9.78 Å². The van der Waals surface area contributed by atoms with Gasteiger partial charge in [0, 0.05) is 23.2 Å². The summed E-state index contributed by atoms with van der Waals surface area (Å²) in [5.74, 6) is -0.0237. The summed E-state index contributed by atoms with van der Waals surface area (Å²) in [6.45, 7) is 2.57. The molecule has 0 unspecified atom stereocenters. The molecule has 0 aliphatic heterocycles. The predicted octanol–water partition coefficient (Wildman–Crippen LogP) is 4.91. The number of ketones is 1. The highest BCUT2D eigenvalue weighted by Crippen LogP contribution is 2.28. The van der Waals surface area contributed by atoms with E-state index >= 15 is 0 Å². The molecule has 4 rings (SSSR count). The molecule has 4 heteroatoms. The molecule has 144 valence electrons. The minimum Gasteiger partial charge on any atom is -0.398 e. The number of benzene rings is 3. The summed E-state index contributed by atoms with van der Waals surface area (Å²) in [4.78, 5) is 13.1. The molecule has 0 saturated heterocycles. The number of rotatable bonds is 6. The average molecular weight is 381 g/mol. The molecule has 29 heavy (non-hydrogen) atoms. The first-order valence-corrected chi connectivity index (χ1v) is 9.67. The molecule has 1 aromatic heterocycles. The summed E-state index contributed by atoms with van der Waals surface area (Å²) >= 11 is 0. The van der Waals surface area contributed by atoms with E-state index in [1.54, 1.807) is 0 Å². The van der Waals surface area contributed by atoms with E-state index in [9.17, 15) is 4.79 Å². The molecule has 0 aliphatic carbocycles. The second-order valence-electron chi connectivity index (χ2n) is 7.13. The number of nitrogens with zero attached hydrogens (tertiary/aromatic N) is 2. The minimum atomic E-state index is -0.0237. The Hall–Kier alpha value is -3.66. The van der Waals surface area contributed by atoms with Crippen LogP contribution < -0.4 is 5.73 Å². The van der Waals surface area contributed by atoms with Crippen LogP contribution in [0.15, 0.2) is 84.9 Å². The van der Waals surface area contributed by atoms with Crippen molar-refractivity contribution in [1.29, 1.82) is 0 Å². The van der Waals surface area contributed by atoms with Crippen molar-refractivity contribution in [2.75, 3.05) is 5.73 Å². The van der Waals surface area contributed by atoms with E-state index in [1.165, 1.54) is 0 Å². The lowest BCUT2D eigenvalue weighted by Crippen LogP contribution is -2.09. The zero-order chi connectivity index (χ0) is 20.2. The topological polar surface area (TPSA) is 60.9 Å². The number of Topliss-reactive ketones (excluding diaryl/α,β-unsaturated/α-hetero) is 1. The van der Waals surface area contributed by atoms with Gasteiger partial charge in [-0.05, 0) is 24.1 Å².